The van der Waals surface area contributed by atoms with Crippen molar-refractivity contribution in [1.82, 2.24) is 20.4 Å². The summed E-state index contributed by atoms with van der Waals surface area (Å²) in [5, 5.41) is 6.94. The van der Waals surface area contributed by atoms with E-state index in [0.717, 1.165) is 44.8 Å². The van der Waals surface area contributed by atoms with Crippen molar-refractivity contribution in [3.8, 4) is 0 Å². The Hall–Kier alpha value is -0.120. The van der Waals surface area contributed by atoms with Crippen molar-refractivity contribution in [2.75, 3.05) is 53.0 Å². The average Bonchev–Trinajstić information content (AvgIpc) is 2.62. The first-order valence-electron chi connectivity index (χ1n) is 10.1. The molecule has 3 atom stereocenters. The van der Waals surface area contributed by atoms with E-state index in [1.54, 1.807) is 0 Å². The molecule has 0 radical (unpaired) electrons. The highest BCUT2D eigenvalue weighted by atomic mass is 127. The van der Waals surface area contributed by atoms with E-state index in [9.17, 15) is 0 Å². The van der Waals surface area contributed by atoms with Gasteiger partial charge in [0.05, 0.1) is 13.2 Å². The predicted octanol–water partition coefficient (Wildman–Crippen LogP) is 2.14. The van der Waals surface area contributed by atoms with Crippen LogP contribution in [-0.4, -0.2) is 86.9 Å². The molecule has 0 amide bonds. The van der Waals surface area contributed by atoms with Crippen LogP contribution < -0.4 is 10.6 Å². The van der Waals surface area contributed by atoms with Crippen LogP contribution in [0, 0.1) is 0 Å². The van der Waals surface area contributed by atoms with Crippen LogP contribution in [0.3, 0.4) is 0 Å². The summed E-state index contributed by atoms with van der Waals surface area (Å²) in [7, 11) is 1.85. The van der Waals surface area contributed by atoms with Crippen molar-refractivity contribution < 1.29 is 4.74 Å². The Morgan fingerprint density at radius 3 is 2.69 bits per heavy atom. The topological polar surface area (TPSA) is 52.1 Å². The number of rotatable bonds is 7. The van der Waals surface area contributed by atoms with Gasteiger partial charge in [-0.25, -0.2) is 0 Å². The lowest BCUT2D eigenvalue weighted by Gasteiger charge is -2.38. The molecule has 0 bridgehead atoms. The highest BCUT2D eigenvalue weighted by Gasteiger charge is 2.23. The van der Waals surface area contributed by atoms with E-state index in [4.69, 9.17) is 4.74 Å². The zero-order valence-corrected chi connectivity index (χ0v) is 19.5. The van der Waals surface area contributed by atoms with Gasteiger partial charge in [0.25, 0.3) is 0 Å². The lowest BCUT2D eigenvalue weighted by atomic mass is 10.0. The summed E-state index contributed by atoms with van der Waals surface area (Å²) in [5.74, 6) is 0.916. The van der Waals surface area contributed by atoms with Gasteiger partial charge in [-0.2, -0.15) is 0 Å². The molecule has 2 fully saturated rings. The van der Waals surface area contributed by atoms with E-state index in [-0.39, 0.29) is 24.0 Å². The molecule has 0 spiro atoms. The lowest BCUT2D eigenvalue weighted by molar-refractivity contribution is -0.0174. The van der Waals surface area contributed by atoms with Crippen LogP contribution in [0.15, 0.2) is 4.99 Å². The van der Waals surface area contributed by atoms with E-state index in [2.05, 4.69) is 46.2 Å². The van der Waals surface area contributed by atoms with Gasteiger partial charge in [0, 0.05) is 51.4 Å². The van der Waals surface area contributed by atoms with Crippen LogP contribution in [0.2, 0.25) is 0 Å². The first-order valence-corrected chi connectivity index (χ1v) is 10.1. The number of ether oxygens (including phenoxy) is 1. The van der Waals surface area contributed by atoms with Crippen LogP contribution in [0.25, 0.3) is 0 Å². The fourth-order valence-electron chi connectivity index (χ4n) is 3.96. The number of guanidine groups is 1. The SMILES string of the molecule is CN=C(NCCCN1CCCCC1C)NCC(C)N1CCOCC1C.I. The molecule has 0 aromatic carbocycles. The largest absolute Gasteiger partial charge is 0.379 e. The summed E-state index contributed by atoms with van der Waals surface area (Å²) in [6.07, 6.45) is 5.28. The minimum absolute atomic E-state index is 0. The number of nitrogens with one attached hydrogen (secondary N) is 2. The Morgan fingerprint density at radius 2 is 2.00 bits per heavy atom. The van der Waals surface area contributed by atoms with Crippen molar-refractivity contribution >= 4 is 29.9 Å². The molecule has 6 nitrogen and oxygen atoms in total. The van der Waals surface area contributed by atoms with Crippen molar-refractivity contribution in [3.05, 3.63) is 0 Å². The van der Waals surface area contributed by atoms with Crippen LogP contribution in [0.5, 0.6) is 0 Å². The standard InChI is InChI=1S/C19H39N5O.HI/c1-16-8-5-6-10-23(16)11-7-9-21-19(20-4)22-14-17(2)24-12-13-25-15-18(24)3;/h16-18H,5-15H2,1-4H3,(H2,20,21,22);1H. The number of nitrogens with zero attached hydrogens (tertiary/aromatic N) is 3. The molecule has 2 saturated heterocycles. The third-order valence-corrected chi connectivity index (χ3v) is 5.63. The molecule has 2 N–H and O–H groups in total. The molecule has 0 aliphatic carbocycles. The number of hydrogen-bond donors (Lipinski definition) is 2. The summed E-state index contributed by atoms with van der Waals surface area (Å²) in [6.45, 7) is 13.9. The van der Waals surface area contributed by atoms with Gasteiger partial charge in [0.15, 0.2) is 5.96 Å². The average molecular weight is 481 g/mol. The van der Waals surface area contributed by atoms with E-state index < -0.39 is 0 Å². The van der Waals surface area contributed by atoms with Crippen molar-refractivity contribution in [2.45, 2.75) is 64.6 Å². The molecule has 2 aliphatic heterocycles. The highest BCUT2D eigenvalue weighted by Crippen LogP contribution is 2.16. The Kier molecular flexibility index (Phi) is 12.1. The number of morpholine rings is 1. The molecule has 0 aromatic heterocycles. The molecule has 0 saturated carbocycles. The molecule has 2 rings (SSSR count). The first-order chi connectivity index (χ1) is 12.1. The molecule has 154 valence electrons. The van der Waals surface area contributed by atoms with E-state index in [0.29, 0.717) is 12.1 Å². The molecule has 3 unspecified atom stereocenters. The summed E-state index contributed by atoms with van der Waals surface area (Å²) in [4.78, 5) is 9.50. The molecule has 2 heterocycles. The molecule has 7 heteroatoms. The number of hydrogen-bond acceptors (Lipinski definition) is 4. The van der Waals surface area contributed by atoms with Crippen LogP contribution in [-0.2, 0) is 4.74 Å². The third-order valence-electron chi connectivity index (χ3n) is 5.63. The zero-order valence-electron chi connectivity index (χ0n) is 17.2. The Labute approximate surface area is 177 Å². The number of likely N-dealkylation sites (tertiary alicyclic amines) is 1. The Morgan fingerprint density at radius 1 is 1.19 bits per heavy atom. The highest BCUT2D eigenvalue weighted by molar-refractivity contribution is 14.0. The Bertz CT molecular complexity index is 409. The molecule has 26 heavy (non-hydrogen) atoms. The predicted molar refractivity (Wildman–Crippen MR) is 121 cm³/mol. The summed E-state index contributed by atoms with van der Waals surface area (Å²) in [6, 6.07) is 1.72. The molecule has 2 aliphatic rings. The van der Waals surface area contributed by atoms with Crippen molar-refractivity contribution in [2.24, 2.45) is 4.99 Å². The monoisotopic (exact) mass is 481 g/mol. The first kappa shape index (κ1) is 23.9. The van der Waals surface area contributed by atoms with Crippen molar-refractivity contribution in [3.63, 3.8) is 0 Å². The van der Waals surface area contributed by atoms with Crippen LogP contribution in [0.4, 0.5) is 0 Å². The Balaban J connectivity index is 0.00000338. The smallest absolute Gasteiger partial charge is 0.191 e. The molecular weight excluding hydrogens is 441 g/mol. The molecular formula is C19H40IN5O. The quantitative estimate of drug-likeness (QED) is 0.253. The minimum Gasteiger partial charge on any atom is -0.379 e. The van der Waals surface area contributed by atoms with Gasteiger partial charge in [0.2, 0.25) is 0 Å². The van der Waals surface area contributed by atoms with Gasteiger partial charge in [-0.05, 0) is 46.6 Å². The number of aliphatic imine (C=N–C) groups is 1. The van der Waals surface area contributed by atoms with Crippen LogP contribution in [0.1, 0.15) is 46.5 Å². The number of piperidine rings is 1. The number of halogens is 1. The van der Waals surface area contributed by atoms with Gasteiger partial charge in [0.1, 0.15) is 0 Å². The second kappa shape index (κ2) is 13.1. The summed E-state index contributed by atoms with van der Waals surface area (Å²) < 4.78 is 5.53. The van der Waals surface area contributed by atoms with Gasteiger partial charge in [-0.15, -0.1) is 24.0 Å². The second-order valence-electron chi connectivity index (χ2n) is 7.63. The van der Waals surface area contributed by atoms with Gasteiger partial charge in [-0.3, -0.25) is 9.89 Å². The second-order valence-corrected chi connectivity index (χ2v) is 7.63. The summed E-state index contributed by atoms with van der Waals surface area (Å²) in [5.41, 5.74) is 0. The van der Waals surface area contributed by atoms with Gasteiger partial charge >= 0.3 is 0 Å². The van der Waals surface area contributed by atoms with E-state index in [1.165, 1.54) is 38.8 Å². The fourth-order valence-corrected chi connectivity index (χ4v) is 3.96. The van der Waals surface area contributed by atoms with Crippen molar-refractivity contribution in [1.29, 1.82) is 0 Å². The van der Waals surface area contributed by atoms with Crippen LogP contribution >= 0.6 is 24.0 Å². The zero-order chi connectivity index (χ0) is 18.1. The van der Waals surface area contributed by atoms with E-state index in [1.807, 2.05) is 7.05 Å². The maximum atomic E-state index is 5.53. The molecule has 0 aromatic rings. The third kappa shape index (κ3) is 7.86. The minimum atomic E-state index is 0. The van der Waals surface area contributed by atoms with Gasteiger partial charge in [-0.1, -0.05) is 6.42 Å². The maximum absolute atomic E-state index is 5.53. The normalized spacial score (nSPS) is 26.8. The van der Waals surface area contributed by atoms with Gasteiger partial charge < -0.3 is 20.3 Å². The van der Waals surface area contributed by atoms with E-state index >= 15 is 0 Å². The lowest BCUT2D eigenvalue weighted by Crippen LogP contribution is -2.53. The summed E-state index contributed by atoms with van der Waals surface area (Å²) >= 11 is 0. The maximum Gasteiger partial charge on any atom is 0.191 e. The fraction of sp³-hybridized carbons (Fsp3) is 0.947.